The van der Waals surface area contributed by atoms with Gasteiger partial charge >= 0.3 is 5.97 Å². The summed E-state index contributed by atoms with van der Waals surface area (Å²) in [5.41, 5.74) is 11.2. The minimum absolute atomic E-state index is 0.0126. The summed E-state index contributed by atoms with van der Waals surface area (Å²) in [5.74, 6) is -2.59. The average molecular weight is 478 g/mol. The van der Waals surface area contributed by atoms with Gasteiger partial charge < -0.3 is 37.6 Å². The number of carboxylic acids is 1. The highest BCUT2D eigenvalue weighted by atomic mass is 32.2. The Bertz CT molecular complexity index is 607. The van der Waals surface area contributed by atoms with Crippen LogP contribution in [0.15, 0.2) is 0 Å². The fraction of sp³-hybridized carbons (Fsp3) is 0.800. The Morgan fingerprint density at radius 1 is 0.906 bits per heavy atom. The first-order chi connectivity index (χ1) is 15.1. The number of thioether (sulfide) groups is 1. The standard InChI is InChI=1S/C20H39N5O6S/c1-12(2)10-15(18(28)23-14(20(30)31)7-9-32-3)24-19(29)16(11-26)25-17(27)13(22)6-4-5-8-21/h12-16,26H,4-11,21-22H2,1-3H3,(H,23,28)(H,24,29)(H,25,27)(H,30,31). The van der Waals surface area contributed by atoms with Gasteiger partial charge in [-0.2, -0.15) is 11.8 Å². The molecule has 0 heterocycles. The van der Waals surface area contributed by atoms with E-state index in [0.29, 0.717) is 31.6 Å². The maximum absolute atomic E-state index is 12.7. The summed E-state index contributed by atoms with van der Waals surface area (Å²) in [6.45, 7) is 3.49. The summed E-state index contributed by atoms with van der Waals surface area (Å²) in [6, 6.07) is -4.26. The van der Waals surface area contributed by atoms with Gasteiger partial charge in [0.25, 0.3) is 0 Å². The lowest BCUT2D eigenvalue weighted by Gasteiger charge is -2.25. The zero-order chi connectivity index (χ0) is 24.7. The molecular weight excluding hydrogens is 438 g/mol. The van der Waals surface area contributed by atoms with E-state index in [1.165, 1.54) is 11.8 Å². The van der Waals surface area contributed by atoms with E-state index in [2.05, 4.69) is 16.0 Å². The number of carbonyl (C=O) groups excluding carboxylic acids is 3. The summed E-state index contributed by atoms with van der Waals surface area (Å²) in [6.07, 6.45) is 4.06. The van der Waals surface area contributed by atoms with E-state index in [1.54, 1.807) is 0 Å². The van der Waals surface area contributed by atoms with Crippen LogP contribution in [0.1, 0.15) is 46.0 Å². The zero-order valence-electron chi connectivity index (χ0n) is 19.1. The van der Waals surface area contributed by atoms with Gasteiger partial charge in [0, 0.05) is 0 Å². The van der Waals surface area contributed by atoms with Gasteiger partial charge in [0.1, 0.15) is 18.1 Å². The summed E-state index contributed by atoms with van der Waals surface area (Å²) in [4.78, 5) is 49.0. The molecule has 9 N–H and O–H groups in total. The molecule has 0 aliphatic heterocycles. The molecule has 4 unspecified atom stereocenters. The van der Waals surface area contributed by atoms with Crippen LogP contribution in [0, 0.1) is 5.92 Å². The highest BCUT2D eigenvalue weighted by Gasteiger charge is 2.30. The normalized spacial score (nSPS) is 14.8. The molecule has 186 valence electrons. The van der Waals surface area contributed by atoms with E-state index >= 15 is 0 Å². The molecule has 0 aromatic carbocycles. The van der Waals surface area contributed by atoms with Crippen molar-refractivity contribution in [2.75, 3.05) is 25.2 Å². The number of nitrogens with one attached hydrogen (secondary N) is 3. The van der Waals surface area contributed by atoms with Crippen molar-refractivity contribution >= 4 is 35.5 Å². The number of nitrogens with two attached hydrogens (primary N) is 2. The third-order valence-electron chi connectivity index (χ3n) is 4.69. The van der Waals surface area contributed by atoms with Crippen LogP contribution in [0.2, 0.25) is 0 Å². The molecule has 0 saturated carbocycles. The number of hydrogen-bond donors (Lipinski definition) is 7. The van der Waals surface area contributed by atoms with Gasteiger partial charge in [0.05, 0.1) is 12.6 Å². The Morgan fingerprint density at radius 2 is 1.47 bits per heavy atom. The molecule has 12 heteroatoms. The highest BCUT2D eigenvalue weighted by molar-refractivity contribution is 7.98. The molecule has 0 aromatic rings. The zero-order valence-corrected chi connectivity index (χ0v) is 20.0. The topological polar surface area (TPSA) is 197 Å². The predicted octanol–water partition coefficient (Wildman–Crippen LogP) is -1.23. The predicted molar refractivity (Wildman–Crippen MR) is 124 cm³/mol. The molecule has 11 nitrogen and oxygen atoms in total. The largest absolute Gasteiger partial charge is 0.480 e. The SMILES string of the molecule is CSCCC(NC(=O)C(CC(C)C)NC(=O)C(CO)NC(=O)C(N)CCCCN)C(=O)O. The molecule has 32 heavy (non-hydrogen) atoms. The van der Waals surface area contributed by atoms with Crippen LogP contribution in [0.5, 0.6) is 0 Å². The maximum Gasteiger partial charge on any atom is 0.326 e. The number of unbranched alkanes of at least 4 members (excludes halogenated alkanes) is 1. The summed E-state index contributed by atoms with van der Waals surface area (Å²) in [5, 5.41) is 26.3. The van der Waals surface area contributed by atoms with Crippen molar-refractivity contribution in [2.24, 2.45) is 17.4 Å². The van der Waals surface area contributed by atoms with Gasteiger partial charge in [0.2, 0.25) is 17.7 Å². The molecule has 0 radical (unpaired) electrons. The lowest BCUT2D eigenvalue weighted by atomic mass is 10.0. The van der Waals surface area contributed by atoms with E-state index in [4.69, 9.17) is 11.5 Å². The van der Waals surface area contributed by atoms with Crippen molar-refractivity contribution in [3.05, 3.63) is 0 Å². The van der Waals surface area contributed by atoms with Crippen molar-refractivity contribution in [1.82, 2.24) is 16.0 Å². The lowest BCUT2D eigenvalue weighted by molar-refractivity contribution is -0.142. The molecule has 3 amide bonds. The van der Waals surface area contributed by atoms with E-state index in [1.807, 2.05) is 20.1 Å². The van der Waals surface area contributed by atoms with E-state index in [9.17, 15) is 29.4 Å². The number of carbonyl (C=O) groups is 4. The van der Waals surface area contributed by atoms with E-state index in [0.717, 1.165) is 0 Å². The number of aliphatic carboxylic acids is 1. The number of carboxylic acid groups (broad SMARTS) is 1. The Balaban J connectivity index is 5.13. The third kappa shape index (κ3) is 12.2. The highest BCUT2D eigenvalue weighted by Crippen LogP contribution is 2.08. The van der Waals surface area contributed by atoms with Crippen LogP contribution < -0.4 is 27.4 Å². The smallest absolute Gasteiger partial charge is 0.326 e. The molecule has 0 rings (SSSR count). The first kappa shape index (κ1) is 30.1. The Hall–Kier alpha value is -1.89. The van der Waals surface area contributed by atoms with E-state index < -0.39 is 54.5 Å². The quantitative estimate of drug-likeness (QED) is 0.125. The monoisotopic (exact) mass is 477 g/mol. The van der Waals surface area contributed by atoms with Crippen molar-refractivity contribution in [3.63, 3.8) is 0 Å². The van der Waals surface area contributed by atoms with Crippen LogP contribution in [-0.2, 0) is 19.2 Å². The molecule has 0 bridgehead atoms. The summed E-state index contributed by atoms with van der Waals surface area (Å²) in [7, 11) is 0. The van der Waals surface area contributed by atoms with Gasteiger partial charge in [-0.15, -0.1) is 0 Å². The Labute approximate surface area is 193 Å². The number of rotatable bonds is 17. The molecular formula is C20H39N5O6S. The van der Waals surface area contributed by atoms with Gasteiger partial charge in [-0.3, -0.25) is 14.4 Å². The second kappa shape index (κ2) is 16.7. The molecule has 0 saturated heterocycles. The number of amides is 3. The van der Waals surface area contributed by atoms with Gasteiger partial charge in [-0.05, 0) is 50.2 Å². The molecule has 4 atom stereocenters. The fourth-order valence-corrected chi connectivity index (χ4v) is 3.32. The third-order valence-corrected chi connectivity index (χ3v) is 5.33. The van der Waals surface area contributed by atoms with Gasteiger partial charge in [-0.25, -0.2) is 4.79 Å². The fourth-order valence-electron chi connectivity index (χ4n) is 2.85. The van der Waals surface area contributed by atoms with Crippen LogP contribution in [0.4, 0.5) is 0 Å². The molecule has 0 spiro atoms. The van der Waals surface area contributed by atoms with Crippen LogP contribution >= 0.6 is 11.8 Å². The van der Waals surface area contributed by atoms with Crippen molar-refractivity contribution in [3.8, 4) is 0 Å². The first-order valence-corrected chi connectivity index (χ1v) is 12.2. The average Bonchev–Trinajstić information content (AvgIpc) is 2.73. The minimum atomic E-state index is -1.29. The first-order valence-electron chi connectivity index (χ1n) is 10.8. The van der Waals surface area contributed by atoms with Crippen LogP contribution in [-0.4, -0.2) is 83.2 Å². The molecule has 0 aromatic heterocycles. The Kier molecular flexibility index (Phi) is 15.7. The van der Waals surface area contributed by atoms with Crippen molar-refractivity contribution < 1.29 is 29.4 Å². The number of aliphatic hydroxyl groups excluding tert-OH is 1. The maximum atomic E-state index is 12.7. The lowest BCUT2D eigenvalue weighted by Crippen LogP contribution is -2.58. The Morgan fingerprint density at radius 3 is 1.97 bits per heavy atom. The van der Waals surface area contributed by atoms with Crippen molar-refractivity contribution in [2.45, 2.75) is 70.1 Å². The number of aliphatic hydroxyl groups is 1. The van der Waals surface area contributed by atoms with E-state index in [-0.39, 0.29) is 18.8 Å². The van der Waals surface area contributed by atoms with Crippen LogP contribution in [0.3, 0.4) is 0 Å². The molecule has 0 fully saturated rings. The molecule has 0 aliphatic rings. The summed E-state index contributed by atoms with van der Waals surface area (Å²) < 4.78 is 0. The second-order valence-electron chi connectivity index (χ2n) is 8.01. The number of hydrogen-bond acceptors (Lipinski definition) is 8. The van der Waals surface area contributed by atoms with Crippen molar-refractivity contribution in [1.29, 1.82) is 0 Å². The second-order valence-corrected chi connectivity index (χ2v) is 8.99. The van der Waals surface area contributed by atoms with Crippen LogP contribution in [0.25, 0.3) is 0 Å². The summed E-state index contributed by atoms with van der Waals surface area (Å²) >= 11 is 1.46. The molecule has 0 aliphatic carbocycles. The van der Waals surface area contributed by atoms with Gasteiger partial charge in [0.15, 0.2) is 0 Å². The minimum Gasteiger partial charge on any atom is -0.480 e. The van der Waals surface area contributed by atoms with Gasteiger partial charge in [-0.1, -0.05) is 20.3 Å².